The van der Waals surface area contributed by atoms with E-state index in [0.717, 1.165) is 203 Å². The molecule has 754 valence electrons. The second kappa shape index (κ2) is 79.7. The van der Waals surface area contributed by atoms with Gasteiger partial charge in [0.15, 0.2) is 12.6 Å². The van der Waals surface area contributed by atoms with Crippen molar-refractivity contribution in [2.45, 2.75) is 482 Å². The lowest BCUT2D eigenvalue weighted by molar-refractivity contribution is -0.303. The Hall–Kier alpha value is -5.38. The maximum absolute atomic E-state index is 14.2. The van der Waals surface area contributed by atoms with Crippen LogP contribution < -0.4 is 31.9 Å². The van der Waals surface area contributed by atoms with Gasteiger partial charge in [-0.15, -0.1) is 0 Å². The summed E-state index contributed by atoms with van der Waals surface area (Å²) in [4.78, 5) is 50.9. The van der Waals surface area contributed by atoms with Crippen LogP contribution in [0.2, 0.25) is 0 Å². The van der Waals surface area contributed by atoms with Crippen molar-refractivity contribution in [3.8, 4) is 0 Å². The molecule has 16 atom stereocenters. The van der Waals surface area contributed by atoms with E-state index in [9.17, 15) is 49.8 Å². The molecule has 0 spiro atoms. The first-order chi connectivity index (χ1) is 63.9. The lowest BCUT2D eigenvalue weighted by atomic mass is 9.79. The molecule has 2 fully saturated rings. The third kappa shape index (κ3) is 57.4. The normalized spacial score (nSPS) is 19.9. The predicted molar refractivity (Wildman–Crippen MR) is 529 cm³/mol. The summed E-state index contributed by atoms with van der Waals surface area (Å²) < 4.78 is 45.2. The number of hydrogen-bond donors (Lipinski definition) is 12. The van der Waals surface area contributed by atoms with E-state index < -0.39 is 74.0 Å². The quantitative estimate of drug-likeness (QED) is 0.0234. The highest BCUT2D eigenvalue weighted by Gasteiger charge is 2.45. The Kier molecular flexibility index (Phi) is 71.7. The SMILES string of the molecule is CCCCCCCCCCCCCC[C@@H](O)[C@@H](O)[C@H](CO[C@H]1OC(CO)[C@H](O)[C@H](O)C1O)NC(=O)CCCCCCCCCCCNC(=O)NCCCCC.CCCCCCCCCCCCCC[C@@H](OCc1ccccc1)[C@@H](OCc1ccccc1)[C@H](CO[C@H]1OC(COCc2ccccc2)[C@H](C)[C@H](C)C1C)NC(=O)CCCCCCCCCCCNC(=O)NCCCCC. The second-order valence-electron chi connectivity index (χ2n) is 38.0. The van der Waals surface area contributed by atoms with Crippen LogP contribution in [0.3, 0.4) is 0 Å². The van der Waals surface area contributed by atoms with Gasteiger partial charge in [-0.1, -0.05) is 409 Å². The first-order valence-corrected chi connectivity index (χ1v) is 53.0. The molecule has 4 unspecified atom stereocenters. The molecule has 2 aliphatic heterocycles. The van der Waals surface area contributed by atoms with Gasteiger partial charge in [-0.25, -0.2) is 9.59 Å². The number of rotatable bonds is 81. The van der Waals surface area contributed by atoms with Crippen LogP contribution in [0.1, 0.15) is 399 Å². The van der Waals surface area contributed by atoms with E-state index in [4.69, 9.17) is 33.2 Å². The van der Waals surface area contributed by atoms with Crippen LogP contribution in [0.15, 0.2) is 91.0 Å². The highest BCUT2D eigenvalue weighted by molar-refractivity contribution is 5.77. The van der Waals surface area contributed by atoms with Crippen molar-refractivity contribution in [1.29, 1.82) is 0 Å². The lowest BCUT2D eigenvalue weighted by Crippen LogP contribution is -2.60. The minimum Gasteiger partial charge on any atom is -0.394 e. The maximum atomic E-state index is 14.2. The van der Waals surface area contributed by atoms with E-state index in [1.165, 1.54) is 141 Å². The Balaban J connectivity index is 0.000000579. The van der Waals surface area contributed by atoms with Crippen molar-refractivity contribution in [2.24, 2.45) is 17.8 Å². The number of carbonyl (C=O) groups is 4. The molecule has 23 heteroatoms. The van der Waals surface area contributed by atoms with Crippen LogP contribution in [-0.2, 0) is 62.6 Å². The van der Waals surface area contributed by atoms with Crippen LogP contribution in [0, 0.1) is 17.8 Å². The van der Waals surface area contributed by atoms with Crippen molar-refractivity contribution in [3.05, 3.63) is 108 Å². The van der Waals surface area contributed by atoms with E-state index in [1.807, 2.05) is 30.3 Å². The molecule has 3 aromatic rings. The third-order valence-electron chi connectivity index (χ3n) is 26.5. The third-order valence-corrected chi connectivity index (χ3v) is 26.5. The van der Waals surface area contributed by atoms with Gasteiger partial charge in [-0.3, -0.25) is 9.59 Å². The van der Waals surface area contributed by atoms with Gasteiger partial charge in [-0.2, -0.15) is 0 Å². The summed E-state index contributed by atoms with van der Waals surface area (Å²) in [6.07, 6.45) is 45.8. The van der Waals surface area contributed by atoms with Gasteiger partial charge in [0.1, 0.15) is 36.6 Å². The number of hydrogen-bond acceptors (Lipinski definition) is 17. The van der Waals surface area contributed by atoms with Gasteiger partial charge in [-0.05, 0) is 79.9 Å². The second-order valence-corrected chi connectivity index (χ2v) is 38.0. The largest absolute Gasteiger partial charge is 0.394 e. The van der Waals surface area contributed by atoms with Crippen molar-refractivity contribution < 1.29 is 83.0 Å². The van der Waals surface area contributed by atoms with Gasteiger partial charge < -0.3 is 95.7 Å². The number of aliphatic hydroxyl groups is 6. The Morgan fingerprint density at radius 1 is 0.359 bits per heavy atom. The van der Waals surface area contributed by atoms with Crippen LogP contribution in [0.25, 0.3) is 0 Å². The number of amides is 6. The van der Waals surface area contributed by atoms with E-state index in [-0.39, 0.29) is 67.6 Å². The molecule has 2 saturated heterocycles. The van der Waals surface area contributed by atoms with E-state index in [1.54, 1.807) is 0 Å². The Bertz CT molecular complexity index is 3140. The van der Waals surface area contributed by atoms with Gasteiger partial charge in [0.2, 0.25) is 11.8 Å². The molecular weight excluding hydrogens is 1650 g/mol. The number of nitrogens with one attached hydrogen (secondary N) is 6. The fraction of sp³-hybridized carbons (Fsp3) is 0.796. The topological polar surface area (TPSA) is 326 Å². The summed E-state index contributed by atoms with van der Waals surface area (Å²) >= 11 is 0. The summed E-state index contributed by atoms with van der Waals surface area (Å²) in [6.45, 7) is 19.6. The van der Waals surface area contributed by atoms with Gasteiger partial charge in [0.05, 0.1) is 76.6 Å². The number of aliphatic hydroxyl groups excluding tert-OH is 6. The monoisotopic (exact) mass is 1840 g/mol. The zero-order chi connectivity index (χ0) is 94.6. The number of ether oxygens (including phenoxy) is 7. The summed E-state index contributed by atoms with van der Waals surface area (Å²) in [5.74, 6) is 0.465. The Morgan fingerprint density at radius 3 is 1.11 bits per heavy atom. The van der Waals surface area contributed by atoms with Crippen LogP contribution in [-0.4, -0.2) is 187 Å². The maximum Gasteiger partial charge on any atom is 0.314 e. The number of carbonyl (C=O) groups excluding carboxylic acids is 4. The molecule has 2 heterocycles. The molecule has 2 aliphatic rings. The standard InChI is InChI=1S/C66H107N3O7.C42H83N3O10/c1-6-8-10-11-12-13-14-15-17-20-23-35-45-61(73-50-58-41-31-27-32-42-58)64(74-51-59-43-33-28-34-44-59)60(52-75-65-56(5)54(3)55(4)62(76-65)53-72-49-57-39-29-26-30-40-57)69-63(70)46-36-24-21-18-16-19-22-25-38-48-68-66(71)67-47-37-9-7-2;1-3-5-7-8-9-10-11-12-14-17-20-23-27-34(47)37(49)33(32-54-41-40(52)39(51)38(50)35(31-46)55-41)45-36(48)28-24-21-18-15-13-16-19-22-26-30-44-42(53)43-29-25-6-4-2/h26-34,39-44,54-56,60-62,64-65H,6-25,35-38,45-53H2,1-5H3,(H,69,70)(H2,67,68,71);33-35,37-41,46-47,49-52H,3-32H2,1-2H3,(H,45,48)(H2,43,44,53)/t54-,55+,56?,60-,61+,62?,64-,65-;33-,34+,35?,37-,38-,39-,40?,41-/m00/s1. The van der Waals surface area contributed by atoms with E-state index in [2.05, 4.69) is 141 Å². The fourth-order valence-electron chi connectivity index (χ4n) is 17.5. The zero-order valence-electron chi connectivity index (χ0n) is 83.1. The number of benzene rings is 3. The predicted octanol–water partition coefficient (Wildman–Crippen LogP) is 21.5. The fourth-order valence-corrected chi connectivity index (χ4v) is 17.5. The molecule has 3 aromatic carbocycles. The van der Waals surface area contributed by atoms with E-state index >= 15 is 0 Å². The molecular formula is C108H190N6O17. The minimum absolute atomic E-state index is 0.0177. The molecule has 0 saturated carbocycles. The number of urea groups is 2. The number of unbranched alkanes of at least 4 members (excludes halogenated alkanes) is 42. The molecule has 131 heavy (non-hydrogen) atoms. The van der Waals surface area contributed by atoms with Crippen LogP contribution >= 0.6 is 0 Å². The zero-order valence-corrected chi connectivity index (χ0v) is 83.1. The van der Waals surface area contributed by atoms with Gasteiger partial charge in [0, 0.05) is 44.9 Å². The minimum atomic E-state index is -1.62. The average Bonchev–Trinajstić information content (AvgIpc) is 0.810. The van der Waals surface area contributed by atoms with Crippen molar-refractivity contribution in [2.75, 3.05) is 52.6 Å². The summed E-state index contributed by atoms with van der Waals surface area (Å²) in [5, 5.41) is 80.2. The molecule has 23 nitrogen and oxygen atoms in total. The van der Waals surface area contributed by atoms with Gasteiger partial charge >= 0.3 is 12.1 Å². The first-order valence-electron chi connectivity index (χ1n) is 53.0. The molecule has 0 bridgehead atoms. The summed E-state index contributed by atoms with van der Waals surface area (Å²) in [7, 11) is 0. The smallest absolute Gasteiger partial charge is 0.314 e. The molecule has 0 radical (unpaired) electrons. The van der Waals surface area contributed by atoms with Crippen molar-refractivity contribution in [3.63, 3.8) is 0 Å². The highest BCUT2D eigenvalue weighted by Crippen LogP contribution is 2.37. The highest BCUT2D eigenvalue weighted by atomic mass is 16.7. The summed E-state index contributed by atoms with van der Waals surface area (Å²) in [5.41, 5.74) is 3.33. The van der Waals surface area contributed by atoms with Crippen molar-refractivity contribution >= 4 is 23.9 Å². The Morgan fingerprint density at radius 2 is 0.695 bits per heavy atom. The van der Waals surface area contributed by atoms with Crippen LogP contribution in [0.5, 0.6) is 0 Å². The molecule has 0 aliphatic carbocycles. The van der Waals surface area contributed by atoms with Crippen molar-refractivity contribution in [1.82, 2.24) is 31.9 Å². The van der Waals surface area contributed by atoms with Crippen LogP contribution in [0.4, 0.5) is 9.59 Å². The van der Waals surface area contributed by atoms with E-state index in [0.29, 0.717) is 58.2 Å². The lowest BCUT2D eigenvalue weighted by Gasteiger charge is -2.44. The molecule has 0 aromatic heterocycles. The van der Waals surface area contributed by atoms with Gasteiger partial charge in [0.25, 0.3) is 0 Å². The molecule has 5 rings (SSSR count). The Labute approximate surface area is 794 Å². The average molecular weight is 1840 g/mol. The molecule has 12 N–H and O–H groups in total. The summed E-state index contributed by atoms with van der Waals surface area (Å²) in [6, 6.07) is 29.4. The first kappa shape index (κ1) is 118. The molecule has 6 amide bonds.